The molecule has 3 aromatic heterocycles. The second-order valence-electron chi connectivity index (χ2n) is 7.89. The number of ether oxygens (including phenoxy) is 1. The Kier molecular flexibility index (Phi) is 5.91. The van der Waals surface area contributed by atoms with Gasteiger partial charge in [0.25, 0.3) is 0 Å². The lowest BCUT2D eigenvalue weighted by atomic mass is 10.2. The first-order chi connectivity index (χ1) is 17.8. The van der Waals surface area contributed by atoms with Gasteiger partial charge < -0.3 is 10.1 Å². The molecule has 0 atom stereocenters. The Morgan fingerprint density at radius 1 is 1.03 bits per heavy atom. The van der Waals surface area contributed by atoms with Gasteiger partial charge in [0.1, 0.15) is 11.3 Å². The van der Waals surface area contributed by atoms with E-state index in [0.717, 1.165) is 16.7 Å². The van der Waals surface area contributed by atoms with Crippen LogP contribution in [0.3, 0.4) is 0 Å². The monoisotopic (exact) mass is 510 g/mol. The van der Waals surface area contributed by atoms with Gasteiger partial charge in [0.05, 0.1) is 26.0 Å². The summed E-state index contributed by atoms with van der Waals surface area (Å²) in [5.41, 5.74) is -1.25. The molecule has 0 spiro atoms. The molecule has 0 saturated heterocycles. The first-order valence-electron chi connectivity index (χ1n) is 10.7. The summed E-state index contributed by atoms with van der Waals surface area (Å²) in [5, 5.41) is 15.2. The third-order valence-electron chi connectivity index (χ3n) is 5.54. The van der Waals surface area contributed by atoms with Crippen molar-refractivity contribution in [3.05, 3.63) is 92.8 Å². The van der Waals surface area contributed by atoms with Crippen molar-refractivity contribution in [2.24, 2.45) is 7.05 Å². The zero-order valence-corrected chi connectivity index (χ0v) is 19.3. The summed E-state index contributed by atoms with van der Waals surface area (Å²) in [7, 11) is 3.09. The van der Waals surface area contributed by atoms with Gasteiger partial charge in [0, 0.05) is 18.1 Å². The van der Waals surface area contributed by atoms with Gasteiger partial charge in [-0.1, -0.05) is 0 Å². The fraction of sp³-hybridized carbons (Fsp3) is 0.130. The molecule has 0 aliphatic rings. The molecule has 0 aliphatic heterocycles. The molecule has 188 valence electrons. The summed E-state index contributed by atoms with van der Waals surface area (Å²) in [4.78, 5) is 30.8. The van der Waals surface area contributed by atoms with Crippen molar-refractivity contribution >= 4 is 22.5 Å². The number of aryl methyl sites for hydroxylation is 1. The highest BCUT2D eigenvalue weighted by Gasteiger charge is 2.21. The molecule has 0 unspecified atom stereocenters. The van der Waals surface area contributed by atoms with Crippen molar-refractivity contribution < 1.29 is 17.9 Å². The standard InChI is InChI=1S/C23H17F3N8O3/c1-32-19-13(10-28-32)9-27-31-20(19)34-22(35)30-21(29-14-3-5-15(37-2)6-4-14)33(23(34)36)11-12-7-16(24)18(26)17(25)8-12/h3-10H,11H2,1-2H3,(H,29,30,35). The Balaban J connectivity index is 1.71. The van der Waals surface area contributed by atoms with Gasteiger partial charge >= 0.3 is 11.4 Å². The lowest BCUT2D eigenvalue weighted by molar-refractivity contribution is 0.415. The van der Waals surface area contributed by atoms with E-state index in [9.17, 15) is 22.8 Å². The first kappa shape index (κ1) is 23.7. The van der Waals surface area contributed by atoms with Crippen molar-refractivity contribution in [1.29, 1.82) is 0 Å². The molecular formula is C23H17F3N8O3. The van der Waals surface area contributed by atoms with Gasteiger partial charge in [-0.3, -0.25) is 9.25 Å². The lowest BCUT2D eigenvalue weighted by Crippen LogP contribution is -2.42. The second kappa shape index (κ2) is 9.22. The Morgan fingerprint density at radius 3 is 2.41 bits per heavy atom. The Morgan fingerprint density at radius 2 is 1.73 bits per heavy atom. The average Bonchev–Trinajstić information content (AvgIpc) is 3.26. The molecule has 14 heteroatoms. The van der Waals surface area contributed by atoms with Crippen LogP contribution < -0.4 is 21.4 Å². The minimum absolute atomic E-state index is 0.0897. The molecule has 0 amide bonds. The largest absolute Gasteiger partial charge is 0.497 e. The van der Waals surface area contributed by atoms with Gasteiger partial charge in [-0.05, 0) is 42.0 Å². The zero-order chi connectivity index (χ0) is 26.3. The van der Waals surface area contributed by atoms with E-state index in [1.807, 2.05) is 0 Å². The predicted molar refractivity (Wildman–Crippen MR) is 126 cm³/mol. The summed E-state index contributed by atoms with van der Waals surface area (Å²) >= 11 is 0. The zero-order valence-electron chi connectivity index (χ0n) is 19.3. The number of anilines is 2. The molecule has 5 aromatic rings. The molecule has 11 nitrogen and oxygen atoms in total. The molecule has 0 saturated carbocycles. The average molecular weight is 510 g/mol. The van der Waals surface area contributed by atoms with E-state index in [1.54, 1.807) is 31.3 Å². The van der Waals surface area contributed by atoms with Crippen molar-refractivity contribution in [3.8, 4) is 11.6 Å². The molecule has 0 bridgehead atoms. The van der Waals surface area contributed by atoms with Crippen LogP contribution in [0.25, 0.3) is 16.7 Å². The number of hydrogen-bond donors (Lipinski definition) is 1. The van der Waals surface area contributed by atoms with Crippen LogP contribution in [0.1, 0.15) is 5.56 Å². The van der Waals surface area contributed by atoms with E-state index < -0.39 is 35.4 Å². The lowest BCUT2D eigenvalue weighted by Gasteiger charge is -2.16. The Labute approximate surface area is 205 Å². The molecule has 0 aliphatic carbocycles. The van der Waals surface area contributed by atoms with Crippen molar-refractivity contribution in [1.82, 2.24) is 34.1 Å². The third kappa shape index (κ3) is 4.28. The first-order valence-corrected chi connectivity index (χ1v) is 10.7. The number of halogens is 3. The van der Waals surface area contributed by atoms with Gasteiger partial charge in [-0.2, -0.15) is 19.7 Å². The van der Waals surface area contributed by atoms with Crippen molar-refractivity contribution in [2.45, 2.75) is 6.54 Å². The SMILES string of the molecule is COc1ccc(Nc2nc(=O)n(-c3nncc4cnn(C)c34)c(=O)n2Cc2cc(F)c(F)c(F)c2)cc1. The number of nitrogens with zero attached hydrogens (tertiary/aromatic N) is 7. The van der Waals surface area contributed by atoms with Crippen LogP contribution >= 0.6 is 0 Å². The quantitative estimate of drug-likeness (QED) is 0.346. The van der Waals surface area contributed by atoms with Gasteiger partial charge in [-0.15, -0.1) is 5.10 Å². The van der Waals surface area contributed by atoms with Crippen LogP contribution in [0.15, 0.2) is 58.4 Å². The number of nitrogens with one attached hydrogen (secondary N) is 1. The van der Waals surface area contributed by atoms with Crippen LogP contribution in [0.5, 0.6) is 5.75 Å². The molecule has 2 aromatic carbocycles. The Bertz CT molecular complexity index is 1740. The van der Waals surface area contributed by atoms with Crippen LogP contribution in [-0.2, 0) is 13.6 Å². The maximum atomic E-state index is 13.9. The van der Waals surface area contributed by atoms with E-state index in [4.69, 9.17) is 4.74 Å². The molecular weight excluding hydrogens is 493 g/mol. The molecule has 37 heavy (non-hydrogen) atoms. The highest BCUT2D eigenvalue weighted by Crippen LogP contribution is 2.20. The van der Waals surface area contributed by atoms with Gasteiger partial charge in [0.15, 0.2) is 23.3 Å². The molecule has 5 rings (SSSR count). The Hall–Kier alpha value is -5.01. The summed E-state index contributed by atoms with van der Waals surface area (Å²) in [5.74, 6) is -4.31. The minimum Gasteiger partial charge on any atom is -0.497 e. The maximum Gasteiger partial charge on any atom is 0.360 e. The fourth-order valence-electron chi connectivity index (χ4n) is 3.77. The fourth-order valence-corrected chi connectivity index (χ4v) is 3.77. The highest BCUT2D eigenvalue weighted by atomic mass is 19.2. The predicted octanol–water partition coefficient (Wildman–Crippen LogP) is 2.29. The summed E-state index contributed by atoms with van der Waals surface area (Å²) < 4.78 is 49.5. The molecule has 0 fully saturated rings. The highest BCUT2D eigenvalue weighted by molar-refractivity contribution is 5.83. The van der Waals surface area contributed by atoms with E-state index in [1.165, 1.54) is 24.2 Å². The number of aromatic nitrogens is 7. The van der Waals surface area contributed by atoms with Crippen LogP contribution in [0.4, 0.5) is 24.8 Å². The van der Waals surface area contributed by atoms with E-state index in [-0.39, 0.29) is 17.3 Å². The number of methoxy groups -OCH3 is 1. The summed E-state index contributed by atoms with van der Waals surface area (Å²) in [6, 6.07) is 7.99. The van der Waals surface area contributed by atoms with E-state index >= 15 is 0 Å². The number of hydrogen-bond acceptors (Lipinski definition) is 8. The number of benzene rings is 2. The van der Waals surface area contributed by atoms with Crippen molar-refractivity contribution in [3.63, 3.8) is 0 Å². The summed E-state index contributed by atoms with van der Waals surface area (Å²) in [6.45, 7) is -0.465. The second-order valence-corrected chi connectivity index (χ2v) is 7.89. The molecule has 1 N–H and O–H groups in total. The van der Waals surface area contributed by atoms with Crippen LogP contribution in [0.2, 0.25) is 0 Å². The minimum atomic E-state index is -1.64. The van der Waals surface area contributed by atoms with Crippen LogP contribution in [0, 0.1) is 17.5 Å². The third-order valence-corrected chi connectivity index (χ3v) is 5.54. The molecule has 3 heterocycles. The van der Waals surface area contributed by atoms with Gasteiger partial charge in [0.2, 0.25) is 5.95 Å². The van der Waals surface area contributed by atoms with E-state index in [2.05, 4.69) is 25.6 Å². The smallest absolute Gasteiger partial charge is 0.360 e. The normalized spacial score (nSPS) is 11.2. The van der Waals surface area contributed by atoms with Gasteiger partial charge in [-0.25, -0.2) is 22.8 Å². The summed E-state index contributed by atoms with van der Waals surface area (Å²) in [6.07, 6.45) is 2.89. The maximum absolute atomic E-state index is 13.9. The molecule has 0 radical (unpaired) electrons. The van der Waals surface area contributed by atoms with Crippen LogP contribution in [-0.4, -0.2) is 41.2 Å². The number of fused-ring (bicyclic) bond motifs is 1. The van der Waals surface area contributed by atoms with Crippen molar-refractivity contribution in [2.75, 3.05) is 12.4 Å². The van der Waals surface area contributed by atoms with E-state index in [0.29, 0.717) is 26.9 Å². The number of rotatable bonds is 6. The topological polar surface area (TPSA) is 122 Å².